The molecule has 3 aliphatic rings. The molecule has 0 aromatic carbocycles. The zero-order chi connectivity index (χ0) is 13.8. The van der Waals surface area contributed by atoms with Gasteiger partial charge in [-0.05, 0) is 44.4 Å². The first kappa shape index (κ1) is 14.8. The molecule has 3 fully saturated rings. The zero-order valence-electron chi connectivity index (χ0n) is 13.0. The number of nitrogens with one attached hydrogen (secondary N) is 1. The first-order chi connectivity index (χ1) is 9.80. The third kappa shape index (κ3) is 3.55. The van der Waals surface area contributed by atoms with Crippen molar-refractivity contribution in [3.63, 3.8) is 0 Å². The quantitative estimate of drug-likeness (QED) is 0.861. The lowest BCUT2D eigenvalue weighted by Gasteiger charge is -2.45. The topological polar surface area (TPSA) is 30.5 Å². The lowest BCUT2D eigenvalue weighted by Crippen LogP contribution is -2.52. The van der Waals surface area contributed by atoms with Gasteiger partial charge >= 0.3 is 0 Å². The molecule has 3 atom stereocenters. The monoisotopic (exact) mass is 281 g/mol. The molecule has 0 amide bonds. The molecule has 3 nitrogen and oxygen atoms in total. The van der Waals surface area contributed by atoms with Gasteiger partial charge in [0.05, 0.1) is 5.60 Å². The van der Waals surface area contributed by atoms with Crippen LogP contribution >= 0.6 is 0 Å². The summed E-state index contributed by atoms with van der Waals surface area (Å²) in [7, 11) is 0. The van der Waals surface area contributed by atoms with E-state index in [1.54, 1.807) is 0 Å². The van der Waals surface area contributed by atoms with Gasteiger partial charge in [0.2, 0.25) is 0 Å². The fourth-order valence-electron chi connectivity index (χ4n) is 4.41. The van der Waals surface area contributed by atoms with Crippen LogP contribution in [0.3, 0.4) is 0 Å². The fraction of sp³-hybridized carbons (Fsp3) is 1.00. The Morgan fingerprint density at radius 3 is 2.70 bits per heavy atom. The van der Waals surface area contributed by atoms with E-state index in [0.717, 1.165) is 44.6 Å². The summed E-state index contributed by atoms with van der Waals surface area (Å²) in [5.41, 5.74) is 0.132. The van der Waals surface area contributed by atoms with Gasteiger partial charge in [0.25, 0.3) is 0 Å². The Morgan fingerprint density at radius 1 is 1.05 bits per heavy atom. The summed E-state index contributed by atoms with van der Waals surface area (Å²) in [5, 5.41) is 3.97. The van der Waals surface area contributed by atoms with Gasteiger partial charge in [0.15, 0.2) is 0 Å². The van der Waals surface area contributed by atoms with Crippen LogP contribution in [0.25, 0.3) is 0 Å². The molecule has 1 N–H and O–H groups in total. The van der Waals surface area contributed by atoms with E-state index in [-0.39, 0.29) is 5.60 Å². The van der Waals surface area contributed by atoms with Crippen molar-refractivity contribution < 1.29 is 9.47 Å². The summed E-state index contributed by atoms with van der Waals surface area (Å²) in [5.74, 6) is 0.957. The van der Waals surface area contributed by atoms with Crippen LogP contribution < -0.4 is 5.32 Å². The van der Waals surface area contributed by atoms with Crippen molar-refractivity contribution in [3.8, 4) is 0 Å². The molecule has 1 saturated carbocycles. The van der Waals surface area contributed by atoms with E-state index in [4.69, 9.17) is 9.47 Å². The molecule has 20 heavy (non-hydrogen) atoms. The van der Waals surface area contributed by atoms with Gasteiger partial charge in [-0.1, -0.05) is 26.2 Å². The smallest absolute Gasteiger partial charge is 0.0741 e. The van der Waals surface area contributed by atoms with E-state index in [2.05, 4.69) is 12.2 Å². The highest BCUT2D eigenvalue weighted by Crippen LogP contribution is 2.35. The minimum atomic E-state index is 0.132. The van der Waals surface area contributed by atoms with Crippen LogP contribution in [-0.2, 0) is 9.47 Å². The van der Waals surface area contributed by atoms with Crippen molar-refractivity contribution in [3.05, 3.63) is 0 Å². The normalized spacial score (nSPS) is 38.0. The van der Waals surface area contributed by atoms with E-state index < -0.39 is 0 Å². The van der Waals surface area contributed by atoms with Gasteiger partial charge in [0.1, 0.15) is 0 Å². The van der Waals surface area contributed by atoms with Crippen LogP contribution in [0.1, 0.15) is 64.7 Å². The summed E-state index contributed by atoms with van der Waals surface area (Å²) >= 11 is 0. The summed E-state index contributed by atoms with van der Waals surface area (Å²) in [6.07, 6.45) is 11.6. The summed E-state index contributed by atoms with van der Waals surface area (Å²) in [6.45, 7) is 5.04. The molecule has 2 saturated heterocycles. The second-order valence-electron chi connectivity index (χ2n) is 7.14. The van der Waals surface area contributed by atoms with E-state index in [1.165, 1.54) is 44.9 Å². The average Bonchev–Trinajstić information content (AvgIpc) is 2.48. The van der Waals surface area contributed by atoms with Crippen LogP contribution in [0.5, 0.6) is 0 Å². The Balaban J connectivity index is 1.52. The van der Waals surface area contributed by atoms with Crippen molar-refractivity contribution in [2.45, 2.75) is 82.4 Å². The maximum atomic E-state index is 6.15. The average molecular weight is 281 g/mol. The van der Waals surface area contributed by atoms with Gasteiger partial charge in [-0.15, -0.1) is 0 Å². The first-order valence-corrected chi connectivity index (χ1v) is 8.77. The molecule has 0 aromatic rings. The van der Waals surface area contributed by atoms with E-state index in [1.807, 2.05) is 0 Å². The molecule has 0 aromatic heterocycles. The number of hydrogen-bond donors (Lipinski definition) is 1. The minimum Gasteiger partial charge on any atom is -0.381 e. The van der Waals surface area contributed by atoms with Crippen LogP contribution in [0.2, 0.25) is 0 Å². The van der Waals surface area contributed by atoms with Gasteiger partial charge in [-0.2, -0.15) is 0 Å². The van der Waals surface area contributed by atoms with Crippen LogP contribution in [0.4, 0.5) is 0 Å². The van der Waals surface area contributed by atoms with Gasteiger partial charge < -0.3 is 14.8 Å². The Morgan fingerprint density at radius 2 is 1.90 bits per heavy atom. The van der Waals surface area contributed by atoms with Crippen molar-refractivity contribution >= 4 is 0 Å². The van der Waals surface area contributed by atoms with Gasteiger partial charge in [-0.25, -0.2) is 0 Å². The highest BCUT2D eigenvalue weighted by molar-refractivity contribution is 4.93. The Hall–Kier alpha value is -0.120. The van der Waals surface area contributed by atoms with Crippen LogP contribution in [-0.4, -0.2) is 37.5 Å². The molecule has 116 valence electrons. The van der Waals surface area contributed by atoms with E-state index in [9.17, 15) is 0 Å². The summed E-state index contributed by atoms with van der Waals surface area (Å²) < 4.78 is 11.7. The maximum absolute atomic E-state index is 6.15. The number of ether oxygens (including phenoxy) is 2. The Labute approximate surface area is 123 Å². The van der Waals surface area contributed by atoms with Crippen LogP contribution in [0, 0.1) is 5.92 Å². The standard InChI is InChI=1S/C17H31NO2/c1-2-14-4-3-5-15(12-14)18-16-6-9-20-17(13-16)7-10-19-11-8-17/h14-16,18H,2-13H2,1H3. The molecule has 3 rings (SSSR count). The van der Waals surface area contributed by atoms with Gasteiger partial charge in [-0.3, -0.25) is 0 Å². The lowest BCUT2D eigenvalue weighted by atomic mass is 9.81. The number of rotatable bonds is 3. The molecule has 1 spiro atoms. The summed E-state index contributed by atoms with van der Waals surface area (Å²) in [6, 6.07) is 1.43. The lowest BCUT2D eigenvalue weighted by molar-refractivity contribution is -0.141. The second-order valence-corrected chi connectivity index (χ2v) is 7.14. The second kappa shape index (κ2) is 6.76. The van der Waals surface area contributed by atoms with E-state index >= 15 is 0 Å². The molecule has 0 radical (unpaired) electrons. The SMILES string of the molecule is CCC1CCCC(NC2CCOC3(CCOCC3)C2)C1. The molecule has 1 aliphatic carbocycles. The van der Waals surface area contributed by atoms with Crippen molar-refractivity contribution in [1.82, 2.24) is 5.32 Å². The third-order valence-electron chi connectivity index (χ3n) is 5.73. The van der Waals surface area contributed by atoms with Crippen LogP contribution in [0.15, 0.2) is 0 Å². The predicted octanol–water partition coefficient (Wildman–Crippen LogP) is 3.27. The maximum Gasteiger partial charge on any atom is 0.0741 e. The molecule has 2 aliphatic heterocycles. The highest BCUT2D eigenvalue weighted by Gasteiger charge is 2.39. The molecular weight excluding hydrogens is 250 g/mol. The van der Waals surface area contributed by atoms with E-state index in [0.29, 0.717) is 6.04 Å². The predicted molar refractivity (Wildman–Crippen MR) is 80.9 cm³/mol. The molecular formula is C17H31NO2. The summed E-state index contributed by atoms with van der Waals surface area (Å²) in [4.78, 5) is 0. The molecule has 3 heteroatoms. The third-order valence-corrected chi connectivity index (χ3v) is 5.73. The Kier molecular flexibility index (Phi) is 5.00. The Bertz CT molecular complexity index is 296. The molecule has 0 bridgehead atoms. The largest absolute Gasteiger partial charge is 0.381 e. The fourth-order valence-corrected chi connectivity index (χ4v) is 4.41. The minimum absolute atomic E-state index is 0.132. The first-order valence-electron chi connectivity index (χ1n) is 8.77. The number of hydrogen-bond acceptors (Lipinski definition) is 3. The molecule has 2 heterocycles. The highest BCUT2D eigenvalue weighted by atomic mass is 16.5. The van der Waals surface area contributed by atoms with Crippen molar-refractivity contribution in [2.75, 3.05) is 19.8 Å². The molecule has 3 unspecified atom stereocenters. The zero-order valence-corrected chi connectivity index (χ0v) is 13.0. The van der Waals surface area contributed by atoms with Crippen molar-refractivity contribution in [2.24, 2.45) is 5.92 Å². The van der Waals surface area contributed by atoms with Crippen molar-refractivity contribution in [1.29, 1.82) is 0 Å². The van der Waals surface area contributed by atoms with Gasteiger partial charge in [0, 0.05) is 31.9 Å².